The van der Waals surface area contributed by atoms with E-state index in [2.05, 4.69) is 17.1 Å². The number of likely N-dealkylation sites (tertiary alicyclic amines) is 1. The summed E-state index contributed by atoms with van der Waals surface area (Å²) in [6, 6.07) is 12.5. The van der Waals surface area contributed by atoms with Crippen molar-refractivity contribution in [2.45, 2.75) is 19.8 Å². The second-order valence-electron chi connectivity index (χ2n) is 7.18. The number of hydrogen-bond donors (Lipinski definition) is 1. The Kier molecular flexibility index (Phi) is 7.34. The summed E-state index contributed by atoms with van der Waals surface area (Å²) in [6.45, 7) is 4.10. The van der Waals surface area contributed by atoms with E-state index in [1.807, 2.05) is 12.1 Å². The minimum Gasteiger partial charge on any atom is -0.493 e. The summed E-state index contributed by atoms with van der Waals surface area (Å²) >= 11 is 11.5. The molecule has 0 aliphatic carbocycles. The number of carbonyl (C=O) groups excluding carboxylic acids is 1. The first-order valence-electron chi connectivity index (χ1n) is 9.62. The highest BCUT2D eigenvalue weighted by atomic mass is 35.5. The second kappa shape index (κ2) is 9.94. The largest absolute Gasteiger partial charge is 0.493 e. The van der Waals surface area contributed by atoms with Crippen LogP contribution >= 0.6 is 23.8 Å². The fraction of sp³-hybridized carbons (Fsp3) is 0.364. The third-order valence-corrected chi connectivity index (χ3v) is 5.71. The van der Waals surface area contributed by atoms with E-state index >= 15 is 0 Å². The van der Waals surface area contributed by atoms with E-state index in [1.54, 1.807) is 37.4 Å². The quantitative estimate of drug-likeness (QED) is 0.666. The molecule has 3 rings (SSSR count). The third kappa shape index (κ3) is 5.84. The van der Waals surface area contributed by atoms with Crippen LogP contribution in [-0.2, 0) is 4.79 Å². The molecule has 1 heterocycles. The zero-order chi connectivity index (χ0) is 20.8. The first-order valence-corrected chi connectivity index (χ1v) is 10.4. The highest BCUT2D eigenvalue weighted by Crippen LogP contribution is 2.29. The highest BCUT2D eigenvalue weighted by molar-refractivity contribution is 7.80. The SMILES string of the molecule is COc1cc(C(=S)N2CCC(C)CC2)ccc1OCC(=O)Nc1ccc(Cl)cc1. The lowest BCUT2D eigenvalue weighted by atomic mass is 9.99. The molecule has 154 valence electrons. The van der Waals surface area contributed by atoms with Gasteiger partial charge in [0.15, 0.2) is 18.1 Å². The molecule has 1 amide bonds. The van der Waals surface area contributed by atoms with Crippen LogP contribution in [0.15, 0.2) is 42.5 Å². The smallest absolute Gasteiger partial charge is 0.262 e. The fourth-order valence-electron chi connectivity index (χ4n) is 3.19. The maximum Gasteiger partial charge on any atom is 0.262 e. The molecule has 1 fully saturated rings. The van der Waals surface area contributed by atoms with Gasteiger partial charge in [-0.2, -0.15) is 0 Å². The van der Waals surface area contributed by atoms with E-state index in [0.717, 1.165) is 42.4 Å². The van der Waals surface area contributed by atoms with Crippen LogP contribution in [0.4, 0.5) is 5.69 Å². The Hall–Kier alpha value is -2.31. The molecule has 29 heavy (non-hydrogen) atoms. The van der Waals surface area contributed by atoms with Crippen molar-refractivity contribution < 1.29 is 14.3 Å². The zero-order valence-electron chi connectivity index (χ0n) is 16.6. The van der Waals surface area contributed by atoms with Crippen molar-refractivity contribution in [1.29, 1.82) is 0 Å². The molecule has 1 saturated heterocycles. The van der Waals surface area contributed by atoms with Gasteiger partial charge in [-0.1, -0.05) is 30.7 Å². The molecule has 0 atom stereocenters. The molecule has 1 aliphatic rings. The summed E-state index contributed by atoms with van der Waals surface area (Å²) in [4.78, 5) is 15.2. The van der Waals surface area contributed by atoms with Gasteiger partial charge in [0.25, 0.3) is 5.91 Å². The Labute approximate surface area is 181 Å². The van der Waals surface area contributed by atoms with Gasteiger partial charge >= 0.3 is 0 Å². The zero-order valence-corrected chi connectivity index (χ0v) is 18.2. The van der Waals surface area contributed by atoms with Crippen LogP contribution in [-0.4, -0.2) is 42.6 Å². The minimum absolute atomic E-state index is 0.132. The Balaban J connectivity index is 1.60. The number of piperidine rings is 1. The summed E-state index contributed by atoms with van der Waals surface area (Å²) < 4.78 is 11.1. The molecule has 2 aromatic rings. The highest BCUT2D eigenvalue weighted by Gasteiger charge is 2.20. The van der Waals surface area contributed by atoms with Crippen molar-refractivity contribution in [3.8, 4) is 11.5 Å². The number of anilines is 1. The van der Waals surface area contributed by atoms with Gasteiger partial charge in [0.2, 0.25) is 0 Å². The number of methoxy groups -OCH3 is 1. The minimum atomic E-state index is -0.267. The van der Waals surface area contributed by atoms with Crippen LogP contribution in [0, 0.1) is 5.92 Å². The second-order valence-corrected chi connectivity index (χ2v) is 8.01. The lowest BCUT2D eigenvalue weighted by Crippen LogP contribution is -2.37. The van der Waals surface area contributed by atoms with Gasteiger partial charge in [-0.3, -0.25) is 4.79 Å². The first-order chi connectivity index (χ1) is 14.0. The predicted octanol–water partition coefficient (Wildman–Crippen LogP) is 4.77. The number of carbonyl (C=O) groups is 1. The molecule has 0 unspecified atom stereocenters. The van der Waals surface area contributed by atoms with E-state index in [4.69, 9.17) is 33.3 Å². The van der Waals surface area contributed by atoms with Crippen LogP contribution in [0.1, 0.15) is 25.3 Å². The molecule has 0 aromatic heterocycles. The molecule has 2 aromatic carbocycles. The molecule has 0 bridgehead atoms. The molecular formula is C22H25ClN2O3S. The van der Waals surface area contributed by atoms with E-state index in [0.29, 0.717) is 22.2 Å². The molecule has 0 spiro atoms. The van der Waals surface area contributed by atoms with E-state index < -0.39 is 0 Å². The van der Waals surface area contributed by atoms with Crippen LogP contribution in [0.25, 0.3) is 0 Å². The molecule has 0 saturated carbocycles. The number of nitrogens with zero attached hydrogens (tertiary/aromatic N) is 1. The average molecular weight is 433 g/mol. The van der Waals surface area contributed by atoms with Gasteiger partial charge in [-0.15, -0.1) is 0 Å². The van der Waals surface area contributed by atoms with Gasteiger partial charge in [-0.25, -0.2) is 0 Å². The monoisotopic (exact) mass is 432 g/mol. The summed E-state index contributed by atoms with van der Waals surface area (Å²) in [7, 11) is 1.57. The first kappa shape index (κ1) is 21.4. The Morgan fingerprint density at radius 1 is 1.17 bits per heavy atom. The molecular weight excluding hydrogens is 408 g/mol. The van der Waals surface area contributed by atoms with Gasteiger partial charge in [0, 0.05) is 29.4 Å². The van der Waals surface area contributed by atoms with Crippen molar-refractivity contribution >= 4 is 40.4 Å². The number of thiocarbonyl (C=S) groups is 1. The summed E-state index contributed by atoms with van der Waals surface area (Å²) in [5.74, 6) is 1.53. The van der Waals surface area contributed by atoms with E-state index in [9.17, 15) is 4.79 Å². The molecule has 0 radical (unpaired) electrons. The summed E-state index contributed by atoms with van der Waals surface area (Å²) in [5.41, 5.74) is 1.58. The van der Waals surface area contributed by atoms with Gasteiger partial charge < -0.3 is 19.7 Å². The number of nitrogens with one attached hydrogen (secondary N) is 1. The number of amides is 1. The van der Waals surface area contributed by atoms with Crippen molar-refractivity contribution in [2.24, 2.45) is 5.92 Å². The summed E-state index contributed by atoms with van der Waals surface area (Å²) in [6.07, 6.45) is 2.31. The van der Waals surface area contributed by atoms with E-state index in [1.165, 1.54) is 0 Å². The Morgan fingerprint density at radius 3 is 2.52 bits per heavy atom. The lowest BCUT2D eigenvalue weighted by molar-refractivity contribution is -0.118. The Bertz CT molecular complexity index is 865. The van der Waals surface area contributed by atoms with Crippen molar-refractivity contribution in [2.75, 3.05) is 32.1 Å². The topological polar surface area (TPSA) is 50.8 Å². The predicted molar refractivity (Wildman–Crippen MR) is 120 cm³/mol. The number of hydrogen-bond acceptors (Lipinski definition) is 4. The molecule has 7 heteroatoms. The van der Waals surface area contributed by atoms with Crippen LogP contribution in [0.5, 0.6) is 11.5 Å². The number of ether oxygens (including phenoxy) is 2. The summed E-state index contributed by atoms with van der Waals surface area (Å²) in [5, 5.41) is 3.37. The van der Waals surface area contributed by atoms with Gasteiger partial charge in [0.1, 0.15) is 4.99 Å². The normalized spacial score (nSPS) is 14.4. The van der Waals surface area contributed by atoms with Crippen LogP contribution < -0.4 is 14.8 Å². The number of benzene rings is 2. The van der Waals surface area contributed by atoms with E-state index in [-0.39, 0.29) is 12.5 Å². The van der Waals surface area contributed by atoms with Crippen LogP contribution in [0.2, 0.25) is 5.02 Å². The van der Waals surface area contributed by atoms with Gasteiger partial charge in [0.05, 0.1) is 7.11 Å². The number of rotatable bonds is 6. The van der Waals surface area contributed by atoms with Crippen molar-refractivity contribution in [3.63, 3.8) is 0 Å². The third-order valence-electron chi connectivity index (χ3n) is 4.97. The van der Waals surface area contributed by atoms with Crippen molar-refractivity contribution in [3.05, 3.63) is 53.1 Å². The molecule has 5 nitrogen and oxygen atoms in total. The average Bonchev–Trinajstić information content (AvgIpc) is 2.74. The molecule has 1 aliphatic heterocycles. The maximum absolute atomic E-state index is 12.1. The van der Waals surface area contributed by atoms with Crippen molar-refractivity contribution in [1.82, 2.24) is 4.90 Å². The maximum atomic E-state index is 12.1. The Morgan fingerprint density at radius 2 is 1.86 bits per heavy atom. The van der Waals surface area contributed by atoms with Crippen LogP contribution in [0.3, 0.4) is 0 Å². The fourth-order valence-corrected chi connectivity index (χ4v) is 3.62. The lowest BCUT2D eigenvalue weighted by Gasteiger charge is -2.32. The molecule has 1 N–H and O–H groups in total. The standard InChI is InChI=1S/C22H25ClN2O3S/c1-15-9-11-25(12-10-15)22(29)16-3-8-19(20(13-16)27-2)28-14-21(26)24-18-6-4-17(23)5-7-18/h3-8,13,15H,9-12,14H2,1-2H3,(H,24,26). The number of halogens is 1. The van der Waals surface area contributed by atoms with Gasteiger partial charge in [-0.05, 0) is 61.2 Å².